The number of nitrogens with one attached hydrogen (secondary N) is 1. The molecule has 0 aromatic heterocycles. The number of benzene rings is 1. The van der Waals surface area contributed by atoms with Gasteiger partial charge in [0.1, 0.15) is 11.6 Å². The molecule has 0 aliphatic heterocycles. The van der Waals surface area contributed by atoms with Crippen molar-refractivity contribution >= 4 is 15.7 Å². The van der Waals surface area contributed by atoms with Crippen molar-refractivity contribution in [3.8, 4) is 5.75 Å². The molecule has 0 saturated carbocycles. The standard InChI is InChI=1S/C10H14FNO4S/c1-16-10-7-8(11)3-4-9(10)12-17(14,15)6-2-5-13/h3-4,7,12-13H,2,5-6H2,1H3. The smallest absolute Gasteiger partial charge is 0.232 e. The fourth-order valence-electron chi connectivity index (χ4n) is 1.22. The van der Waals surface area contributed by atoms with Crippen LogP contribution in [0.25, 0.3) is 0 Å². The monoisotopic (exact) mass is 263 g/mol. The summed E-state index contributed by atoms with van der Waals surface area (Å²) < 4.78 is 43.1. The first-order chi connectivity index (χ1) is 7.98. The number of ether oxygens (including phenoxy) is 1. The zero-order chi connectivity index (χ0) is 12.9. The average Bonchev–Trinajstić information content (AvgIpc) is 2.28. The largest absolute Gasteiger partial charge is 0.494 e. The quantitative estimate of drug-likeness (QED) is 0.801. The molecule has 0 bridgehead atoms. The van der Waals surface area contributed by atoms with Gasteiger partial charge in [0.2, 0.25) is 10.0 Å². The van der Waals surface area contributed by atoms with Gasteiger partial charge in [-0.2, -0.15) is 0 Å². The van der Waals surface area contributed by atoms with Gasteiger partial charge in [0.25, 0.3) is 0 Å². The molecule has 1 aromatic rings. The second kappa shape index (κ2) is 5.83. The first kappa shape index (κ1) is 13.7. The molecule has 0 aliphatic carbocycles. The van der Waals surface area contributed by atoms with Gasteiger partial charge >= 0.3 is 0 Å². The number of anilines is 1. The molecular weight excluding hydrogens is 249 g/mol. The summed E-state index contributed by atoms with van der Waals surface area (Å²) in [6, 6.07) is 3.50. The number of halogens is 1. The van der Waals surface area contributed by atoms with E-state index in [4.69, 9.17) is 9.84 Å². The fourth-order valence-corrected chi connectivity index (χ4v) is 2.34. The van der Waals surface area contributed by atoms with E-state index in [0.717, 1.165) is 12.1 Å². The van der Waals surface area contributed by atoms with Gasteiger partial charge in [0.15, 0.2) is 0 Å². The summed E-state index contributed by atoms with van der Waals surface area (Å²) in [5.41, 5.74) is 0.173. The molecule has 0 spiro atoms. The molecule has 7 heteroatoms. The van der Waals surface area contributed by atoms with Crippen LogP contribution in [-0.2, 0) is 10.0 Å². The summed E-state index contributed by atoms with van der Waals surface area (Å²) in [5, 5.41) is 8.57. The highest BCUT2D eigenvalue weighted by atomic mass is 32.2. The van der Waals surface area contributed by atoms with Crippen LogP contribution in [0.5, 0.6) is 5.75 Å². The van der Waals surface area contributed by atoms with E-state index in [1.54, 1.807) is 0 Å². The molecule has 0 unspecified atom stereocenters. The van der Waals surface area contributed by atoms with Crippen molar-refractivity contribution in [3.05, 3.63) is 24.0 Å². The number of aliphatic hydroxyl groups is 1. The first-order valence-electron chi connectivity index (χ1n) is 4.93. The molecule has 1 rings (SSSR count). The maximum Gasteiger partial charge on any atom is 0.232 e. The molecule has 0 fully saturated rings. The Kier molecular flexibility index (Phi) is 4.71. The van der Waals surface area contributed by atoms with E-state index in [1.165, 1.54) is 13.2 Å². The second-order valence-corrected chi connectivity index (χ2v) is 5.18. The van der Waals surface area contributed by atoms with E-state index in [0.29, 0.717) is 0 Å². The summed E-state index contributed by atoms with van der Waals surface area (Å²) in [5.74, 6) is -0.609. The van der Waals surface area contributed by atoms with Gasteiger partial charge in [0.05, 0.1) is 18.6 Å². The van der Waals surface area contributed by atoms with Crippen LogP contribution in [0, 0.1) is 5.82 Å². The Morgan fingerprint density at radius 1 is 1.47 bits per heavy atom. The maximum atomic E-state index is 12.9. The van der Waals surface area contributed by atoms with Gasteiger partial charge in [-0.05, 0) is 18.6 Å². The van der Waals surface area contributed by atoms with Crippen molar-refractivity contribution in [3.63, 3.8) is 0 Å². The van der Waals surface area contributed by atoms with E-state index >= 15 is 0 Å². The zero-order valence-electron chi connectivity index (χ0n) is 9.31. The Labute approximate surface area is 99.3 Å². The minimum Gasteiger partial charge on any atom is -0.494 e. The molecule has 0 atom stereocenters. The average molecular weight is 263 g/mol. The van der Waals surface area contributed by atoms with Gasteiger partial charge in [-0.25, -0.2) is 12.8 Å². The third-order valence-electron chi connectivity index (χ3n) is 2.00. The second-order valence-electron chi connectivity index (χ2n) is 3.34. The highest BCUT2D eigenvalue weighted by molar-refractivity contribution is 7.92. The lowest BCUT2D eigenvalue weighted by atomic mass is 10.3. The Balaban J connectivity index is 2.87. The van der Waals surface area contributed by atoms with E-state index in [9.17, 15) is 12.8 Å². The van der Waals surface area contributed by atoms with Gasteiger partial charge < -0.3 is 9.84 Å². The van der Waals surface area contributed by atoms with Gasteiger partial charge in [0, 0.05) is 12.7 Å². The van der Waals surface area contributed by atoms with Crippen LogP contribution in [-0.4, -0.2) is 33.0 Å². The topological polar surface area (TPSA) is 75.6 Å². The molecule has 0 saturated heterocycles. The van der Waals surface area contributed by atoms with Crippen LogP contribution in [0.1, 0.15) is 6.42 Å². The molecule has 0 radical (unpaired) electrons. The lowest BCUT2D eigenvalue weighted by Gasteiger charge is -2.11. The number of hydrogen-bond donors (Lipinski definition) is 2. The maximum absolute atomic E-state index is 12.9. The third kappa shape index (κ3) is 4.20. The Hall–Kier alpha value is -1.34. The molecule has 2 N–H and O–H groups in total. The van der Waals surface area contributed by atoms with E-state index < -0.39 is 15.8 Å². The van der Waals surface area contributed by atoms with Crippen LogP contribution in [0.15, 0.2) is 18.2 Å². The van der Waals surface area contributed by atoms with E-state index in [1.807, 2.05) is 0 Å². The number of methoxy groups -OCH3 is 1. The molecule has 96 valence electrons. The first-order valence-corrected chi connectivity index (χ1v) is 6.58. The molecule has 0 heterocycles. The molecular formula is C10H14FNO4S. The minimum atomic E-state index is -3.55. The van der Waals surface area contributed by atoms with Crippen LogP contribution in [0.4, 0.5) is 10.1 Å². The van der Waals surface area contributed by atoms with Crippen LogP contribution in [0.2, 0.25) is 0 Å². The number of sulfonamides is 1. The van der Waals surface area contributed by atoms with Crippen LogP contribution >= 0.6 is 0 Å². The van der Waals surface area contributed by atoms with Crippen molar-refractivity contribution in [2.24, 2.45) is 0 Å². The van der Waals surface area contributed by atoms with E-state index in [2.05, 4.69) is 4.72 Å². The Morgan fingerprint density at radius 3 is 2.76 bits per heavy atom. The summed E-state index contributed by atoms with van der Waals surface area (Å²) in [7, 11) is -2.23. The normalized spacial score (nSPS) is 11.2. The van der Waals surface area contributed by atoms with Gasteiger partial charge in [-0.15, -0.1) is 0 Å². The van der Waals surface area contributed by atoms with Gasteiger partial charge in [-0.3, -0.25) is 4.72 Å². The molecule has 5 nitrogen and oxygen atoms in total. The predicted octanol–water partition coefficient (Wildman–Crippen LogP) is 0.958. The Morgan fingerprint density at radius 2 is 2.18 bits per heavy atom. The zero-order valence-corrected chi connectivity index (χ0v) is 10.1. The number of rotatable bonds is 6. The number of hydrogen-bond acceptors (Lipinski definition) is 4. The summed E-state index contributed by atoms with van der Waals surface area (Å²) in [6.07, 6.45) is 0.138. The van der Waals surface area contributed by atoms with Crippen LogP contribution < -0.4 is 9.46 Å². The van der Waals surface area contributed by atoms with E-state index in [-0.39, 0.29) is 30.2 Å². The van der Waals surface area contributed by atoms with Gasteiger partial charge in [-0.1, -0.05) is 0 Å². The lowest BCUT2D eigenvalue weighted by Crippen LogP contribution is -2.18. The third-order valence-corrected chi connectivity index (χ3v) is 3.36. The molecule has 0 aliphatic rings. The molecule has 17 heavy (non-hydrogen) atoms. The summed E-state index contributed by atoms with van der Waals surface area (Å²) >= 11 is 0. The highest BCUT2D eigenvalue weighted by Gasteiger charge is 2.13. The highest BCUT2D eigenvalue weighted by Crippen LogP contribution is 2.25. The summed E-state index contributed by atoms with van der Waals surface area (Å²) in [6.45, 7) is -0.207. The number of aliphatic hydroxyl groups excluding tert-OH is 1. The Bertz CT molecular complexity index is 475. The predicted molar refractivity (Wildman–Crippen MR) is 62.1 cm³/mol. The van der Waals surface area contributed by atoms with Crippen molar-refractivity contribution in [1.82, 2.24) is 0 Å². The minimum absolute atomic E-state index is 0.109. The molecule has 1 aromatic carbocycles. The lowest BCUT2D eigenvalue weighted by molar-refractivity contribution is 0.295. The van der Waals surface area contributed by atoms with Crippen molar-refractivity contribution in [2.75, 3.05) is 24.2 Å². The van der Waals surface area contributed by atoms with Crippen molar-refractivity contribution in [2.45, 2.75) is 6.42 Å². The summed E-state index contributed by atoms with van der Waals surface area (Å²) in [4.78, 5) is 0. The van der Waals surface area contributed by atoms with Crippen molar-refractivity contribution in [1.29, 1.82) is 0 Å². The van der Waals surface area contributed by atoms with Crippen LogP contribution in [0.3, 0.4) is 0 Å². The van der Waals surface area contributed by atoms with Crippen molar-refractivity contribution < 1.29 is 22.7 Å². The SMILES string of the molecule is COc1cc(F)ccc1NS(=O)(=O)CCCO. The molecule has 0 amide bonds. The fraction of sp³-hybridized carbons (Fsp3) is 0.400.